The average molecular weight is 777 g/mol. The highest BCUT2D eigenvalue weighted by Gasteiger charge is 2.50. The first-order chi connectivity index (χ1) is 26.7. The van der Waals surface area contributed by atoms with Crippen LogP contribution < -0.4 is 15.9 Å². The van der Waals surface area contributed by atoms with Crippen LogP contribution in [-0.4, -0.2) is 116 Å². The fourth-order valence-corrected chi connectivity index (χ4v) is 8.59. The molecule has 0 aromatic heterocycles. The number of rotatable bonds is 9. The standard InChI is InChI=1S/C39H44N4O13/c1-17-33(47)22(40)12-28(55-17)56-24-14-39(53,25(16-44)41-42-38(52)19-8-6-18(7-9-19)15-43-26(45)10-11-27(43)46)13-21-30(24)37(51)32-31(35(21)49)34(48)20-4-3-5-23(54-2)29(20)36(32)50/h3-5,10-11,17-19,22,24,28,33,44,47,49,51,53H,6-9,12-16,40H2,1-2H3,(H,42,52)/b41-25+/t17?,18?,19?,22?,24-,28-,33+,39-/m0/s1. The third-order valence-electron chi connectivity index (χ3n) is 11.7. The molecular weight excluding hydrogens is 732 g/mol. The highest BCUT2D eigenvalue weighted by molar-refractivity contribution is 6.31. The summed E-state index contributed by atoms with van der Waals surface area (Å²) >= 11 is 0. The first-order valence-corrected chi connectivity index (χ1v) is 18.5. The van der Waals surface area contributed by atoms with Crippen molar-refractivity contribution in [2.75, 3.05) is 20.3 Å². The van der Waals surface area contributed by atoms with E-state index in [0.29, 0.717) is 25.7 Å². The van der Waals surface area contributed by atoms with Gasteiger partial charge >= 0.3 is 0 Å². The minimum atomic E-state index is -2.16. The Morgan fingerprint density at radius 2 is 1.71 bits per heavy atom. The van der Waals surface area contributed by atoms with Crippen LogP contribution in [0.3, 0.4) is 0 Å². The fraction of sp³-hybridized carbons (Fsp3) is 0.487. The number of carbonyl (C=O) groups is 5. The van der Waals surface area contributed by atoms with Crippen molar-refractivity contribution in [3.63, 3.8) is 0 Å². The maximum absolute atomic E-state index is 14.0. The van der Waals surface area contributed by atoms with Crippen molar-refractivity contribution in [2.24, 2.45) is 22.7 Å². The van der Waals surface area contributed by atoms with Crippen LogP contribution in [0.1, 0.15) is 94.5 Å². The van der Waals surface area contributed by atoms with Gasteiger partial charge in [0.05, 0.1) is 54.4 Å². The lowest BCUT2D eigenvalue weighted by Gasteiger charge is -2.43. The molecule has 0 radical (unpaired) electrons. The number of hydrazone groups is 1. The van der Waals surface area contributed by atoms with Crippen molar-refractivity contribution in [1.29, 1.82) is 0 Å². The van der Waals surface area contributed by atoms with Crippen molar-refractivity contribution in [3.8, 4) is 17.2 Å². The predicted octanol–water partition coefficient (Wildman–Crippen LogP) is 0.636. The molecule has 17 heteroatoms. The maximum Gasteiger partial charge on any atom is 0.253 e. The number of hydrogen-bond donors (Lipinski definition) is 7. The number of methoxy groups -OCH3 is 1. The molecule has 2 aromatic carbocycles. The molecule has 0 spiro atoms. The Bertz CT molecular complexity index is 2030. The zero-order valence-electron chi connectivity index (χ0n) is 30.8. The van der Waals surface area contributed by atoms with E-state index in [1.165, 1.54) is 42.4 Å². The van der Waals surface area contributed by atoms with Crippen molar-refractivity contribution >= 4 is 35.0 Å². The summed E-state index contributed by atoms with van der Waals surface area (Å²) in [5.41, 5.74) is 4.66. The number of imide groups is 1. The number of hydrogen-bond acceptors (Lipinski definition) is 15. The number of phenolic OH excluding ortho intramolecular Hbond substituents is 2. The molecule has 1 saturated carbocycles. The number of benzene rings is 2. The summed E-state index contributed by atoms with van der Waals surface area (Å²) in [7, 11) is 1.32. The molecule has 2 fully saturated rings. The van der Waals surface area contributed by atoms with Gasteiger partial charge in [0.15, 0.2) is 12.1 Å². The van der Waals surface area contributed by atoms with Crippen LogP contribution >= 0.6 is 0 Å². The summed E-state index contributed by atoms with van der Waals surface area (Å²) in [6.07, 6.45) is -0.810. The average Bonchev–Trinajstić information content (AvgIpc) is 3.49. The molecule has 1 saturated heterocycles. The molecule has 298 valence electrons. The van der Waals surface area contributed by atoms with Crippen molar-refractivity contribution in [1.82, 2.24) is 10.3 Å². The zero-order valence-corrected chi connectivity index (χ0v) is 30.8. The molecule has 2 aliphatic heterocycles. The normalized spacial score (nSPS) is 30.2. The molecule has 17 nitrogen and oxygen atoms in total. The van der Waals surface area contributed by atoms with E-state index in [1.54, 1.807) is 6.92 Å². The van der Waals surface area contributed by atoms with Crippen molar-refractivity contribution in [2.45, 2.75) is 88.1 Å². The smallest absolute Gasteiger partial charge is 0.253 e. The quantitative estimate of drug-likeness (QED) is 0.0681. The van der Waals surface area contributed by atoms with Gasteiger partial charge in [-0.05, 0) is 44.6 Å². The van der Waals surface area contributed by atoms with Crippen LogP contribution in [0.2, 0.25) is 0 Å². The number of carbonyl (C=O) groups excluding carboxylic acids is 5. The number of phenols is 2. The Balaban J connectivity index is 1.19. The Morgan fingerprint density at radius 3 is 2.36 bits per heavy atom. The molecule has 3 aliphatic carbocycles. The lowest BCUT2D eigenvalue weighted by molar-refractivity contribution is -0.245. The van der Waals surface area contributed by atoms with Crippen LogP contribution in [-0.2, 0) is 30.3 Å². The first kappa shape index (κ1) is 39.2. The summed E-state index contributed by atoms with van der Waals surface area (Å²) in [5, 5.41) is 61.0. The summed E-state index contributed by atoms with van der Waals surface area (Å²) in [5.74, 6) is -4.57. The number of fused-ring (bicyclic) bond motifs is 3. The molecule has 0 bridgehead atoms. The molecule has 8 N–H and O–H groups in total. The molecule has 3 amide bonds. The molecule has 7 rings (SSSR count). The van der Waals surface area contributed by atoms with Gasteiger partial charge in [0.25, 0.3) is 11.8 Å². The lowest BCUT2D eigenvalue weighted by Crippen LogP contribution is -2.53. The summed E-state index contributed by atoms with van der Waals surface area (Å²) in [6.45, 7) is 0.972. The number of ketones is 2. The summed E-state index contributed by atoms with van der Waals surface area (Å²) in [6, 6.07) is 3.59. The first-order valence-electron chi connectivity index (χ1n) is 18.5. The van der Waals surface area contributed by atoms with E-state index in [0.717, 1.165) is 0 Å². The third-order valence-corrected chi connectivity index (χ3v) is 11.7. The molecule has 2 aromatic rings. The number of nitrogens with two attached hydrogens (primary N) is 1. The molecular formula is C39H44N4O13. The predicted molar refractivity (Wildman–Crippen MR) is 194 cm³/mol. The van der Waals surface area contributed by atoms with Crippen molar-refractivity contribution < 1.29 is 63.7 Å². The number of aliphatic hydroxyl groups is 3. The van der Waals surface area contributed by atoms with E-state index in [2.05, 4.69) is 10.5 Å². The number of aromatic hydroxyl groups is 2. The van der Waals surface area contributed by atoms with Crippen molar-refractivity contribution in [3.05, 3.63) is 63.7 Å². The highest BCUT2D eigenvalue weighted by atomic mass is 16.7. The minimum Gasteiger partial charge on any atom is -0.507 e. The van der Waals surface area contributed by atoms with Gasteiger partial charge in [0.1, 0.15) is 22.8 Å². The van der Waals surface area contributed by atoms with E-state index in [1.807, 2.05) is 0 Å². The Kier molecular flexibility index (Phi) is 10.6. The number of aliphatic hydroxyl groups excluding tert-OH is 2. The van der Waals surface area contributed by atoms with E-state index >= 15 is 0 Å². The molecule has 56 heavy (non-hydrogen) atoms. The molecule has 6 atom stereocenters. The van der Waals surface area contributed by atoms with Crippen LogP contribution in [0.15, 0.2) is 35.5 Å². The number of nitrogens with zero attached hydrogens (tertiary/aromatic N) is 2. The fourth-order valence-electron chi connectivity index (χ4n) is 8.59. The molecule has 2 unspecified atom stereocenters. The Hall–Kier alpha value is -5.04. The Morgan fingerprint density at radius 1 is 1.04 bits per heavy atom. The van der Waals surface area contributed by atoms with Gasteiger partial charge in [-0.1, -0.05) is 12.1 Å². The van der Waals surface area contributed by atoms with Gasteiger partial charge in [-0.15, -0.1) is 0 Å². The molecule has 2 heterocycles. The van der Waals surface area contributed by atoms with Gasteiger partial charge in [-0.2, -0.15) is 5.10 Å². The second kappa shape index (κ2) is 15.1. The topological polar surface area (TPSA) is 268 Å². The van der Waals surface area contributed by atoms with Gasteiger partial charge in [0.2, 0.25) is 11.7 Å². The van der Waals surface area contributed by atoms with Crippen LogP contribution in [0.25, 0.3) is 0 Å². The van der Waals surface area contributed by atoms with E-state index < -0.39 is 102 Å². The largest absolute Gasteiger partial charge is 0.507 e. The van der Waals surface area contributed by atoms with Crippen LogP contribution in [0, 0.1) is 11.8 Å². The van der Waals surface area contributed by atoms with Gasteiger partial charge in [0, 0.05) is 66.6 Å². The number of amides is 3. The second-order valence-electron chi connectivity index (χ2n) is 15.1. The SMILES string of the molecule is COc1cccc2c1C(=O)c1c(O)c3c(c(O)c1C2=O)C[C@@](O)(/C(CO)=N/NC(=O)C1CCC(CN2C(=O)C=CC2=O)CC1)C[C@@H]3O[C@H]1CC(N)[C@H](O)C(C)O1. The molecule has 5 aliphatic rings. The number of ether oxygens (including phenoxy) is 3. The van der Waals surface area contributed by atoms with Gasteiger partial charge in [-0.3, -0.25) is 28.9 Å². The highest BCUT2D eigenvalue weighted by Crippen LogP contribution is 2.52. The lowest BCUT2D eigenvalue weighted by atomic mass is 9.71. The zero-order chi connectivity index (χ0) is 40.2. The van der Waals surface area contributed by atoms with E-state index in [-0.39, 0.29) is 64.4 Å². The minimum absolute atomic E-state index is 0.0176. The van der Waals surface area contributed by atoms with E-state index in [4.69, 9.17) is 19.9 Å². The number of nitrogens with one attached hydrogen (secondary N) is 1. The summed E-state index contributed by atoms with van der Waals surface area (Å²) in [4.78, 5) is 66.4. The second-order valence-corrected chi connectivity index (χ2v) is 15.1. The summed E-state index contributed by atoms with van der Waals surface area (Å²) < 4.78 is 17.5. The van der Waals surface area contributed by atoms with Gasteiger partial charge in [-0.25, -0.2) is 5.43 Å². The van der Waals surface area contributed by atoms with Crippen LogP contribution in [0.5, 0.6) is 17.2 Å². The Labute approximate surface area is 320 Å². The maximum atomic E-state index is 14.0. The van der Waals surface area contributed by atoms with Gasteiger partial charge < -0.3 is 45.5 Å². The monoisotopic (exact) mass is 776 g/mol. The third kappa shape index (κ3) is 6.77. The van der Waals surface area contributed by atoms with Crippen LogP contribution in [0.4, 0.5) is 0 Å². The van der Waals surface area contributed by atoms with E-state index in [9.17, 15) is 49.5 Å².